The molecular weight excluding hydrogens is 298 g/mol. The number of carbonyl (C=O) groups is 1. The van der Waals surface area contributed by atoms with Gasteiger partial charge in [-0.15, -0.1) is 22.9 Å². The minimum Gasteiger partial charge on any atom is -0.351 e. The Morgan fingerprint density at radius 2 is 2.40 bits per heavy atom. The first-order chi connectivity index (χ1) is 7.13. The van der Waals surface area contributed by atoms with Gasteiger partial charge in [-0.1, -0.05) is 6.92 Å². The van der Waals surface area contributed by atoms with Gasteiger partial charge in [-0.05, 0) is 40.9 Å². The second-order valence-electron chi connectivity index (χ2n) is 3.15. The third-order valence-corrected chi connectivity index (χ3v) is 4.13. The summed E-state index contributed by atoms with van der Waals surface area (Å²) in [7, 11) is 0. The number of carbonyl (C=O) groups excluding carboxylic acids is 1. The second-order valence-corrected chi connectivity index (χ2v) is 6.23. The Morgan fingerprint density at radius 1 is 1.67 bits per heavy atom. The van der Waals surface area contributed by atoms with Crippen molar-refractivity contribution in [3.8, 4) is 0 Å². The van der Waals surface area contributed by atoms with Gasteiger partial charge in [-0.25, -0.2) is 0 Å². The minimum absolute atomic E-state index is 0.0225. The Labute approximate surface area is 107 Å². The van der Waals surface area contributed by atoms with Crippen LogP contribution in [0.5, 0.6) is 0 Å². The Morgan fingerprint density at radius 3 is 2.93 bits per heavy atom. The Bertz CT molecular complexity index is 329. The normalized spacial score (nSPS) is 12.5. The topological polar surface area (TPSA) is 29.1 Å². The molecule has 0 saturated heterocycles. The van der Waals surface area contributed by atoms with Crippen molar-refractivity contribution in [3.63, 3.8) is 0 Å². The van der Waals surface area contributed by atoms with Crippen LogP contribution < -0.4 is 5.32 Å². The maximum absolute atomic E-state index is 11.6. The van der Waals surface area contributed by atoms with Gasteiger partial charge >= 0.3 is 0 Å². The standard InChI is InChI=1S/C10H13BrClNOS/c1-2-7(12)5-6-13-10(14)8-3-4-9(11)15-8/h3-4,7H,2,5-6H2,1H3,(H,13,14). The zero-order valence-corrected chi connectivity index (χ0v) is 11.6. The number of rotatable bonds is 5. The summed E-state index contributed by atoms with van der Waals surface area (Å²) in [4.78, 5) is 12.3. The highest BCUT2D eigenvalue weighted by Gasteiger charge is 2.08. The summed E-state index contributed by atoms with van der Waals surface area (Å²) in [6, 6.07) is 3.68. The van der Waals surface area contributed by atoms with Crippen LogP contribution in [0.25, 0.3) is 0 Å². The summed E-state index contributed by atoms with van der Waals surface area (Å²) >= 11 is 10.7. The van der Waals surface area contributed by atoms with Crippen molar-refractivity contribution in [2.45, 2.75) is 25.1 Å². The monoisotopic (exact) mass is 309 g/mol. The van der Waals surface area contributed by atoms with Crippen LogP contribution in [0.2, 0.25) is 0 Å². The van der Waals surface area contributed by atoms with Gasteiger partial charge in [0.05, 0.1) is 8.66 Å². The summed E-state index contributed by atoms with van der Waals surface area (Å²) in [6.45, 7) is 2.67. The van der Waals surface area contributed by atoms with E-state index >= 15 is 0 Å². The molecular formula is C10H13BrClNOS. The SMILES string of the molecule is CCC(Cl)CCNC(=O)c1ccc(Br)s1. The van der Waals surface area contributed by atoms with E-state index in [9.17, 15) is 4.79 Å². The van der Waals surface area contributed by atoms with Gasteiger partial charge in [-0.2, -0.15) is 0 Å². The first-order valence-corrected chi connectivity index (χ1v) is 6.85. The minimum atomic E-state index is -0.0225. The lowest BCUT2D eigenvalue weighted by atomic mass is 10.2. The second kappa shape index (κ2) is 6.51. The molecule has 1 rings (SSSR count). The van der Waals surface area contributed by atoms with Crippen LogP contribution in [0.1, 0.15) is 29.4 Å². The molecule has 1 aromatic rings. The third-order valence-electron chi connectivity index (χ3n) is 1.98. The van der Waals surface area contributed by atoms with Crippen molar-refractivity contribution < 1.29 is 4.79 Å². The Kier molecular flexibility index (Phi) is 5.64. The van der Waals surface area contributed by atoms with E-state index in [1.54, 1.807) is 0 Å². The number of amides is 1. The van der Waals surface area contributed by atoms with E-state index in [-0.39, 0.29) is 11.3 Å². The van der Waals surface area contributed by atoms with Crippen LogP contribution in [0.15, 0.2) is 15.9 Å². The molecule has 0 aromatic carbocycles. The molecule has 1 aromatic heterocycles. The molecule has 0 aliphatic carbocycles. The fourth-order valence-corrected chi connectivity index (χ4v) is 2.48. The predicted octanol–water partition coefficient (Wildman–Crippen LogP) is 3.65. The van der Waals surface area contributed by atoms with E-state index in [4.69, 9.17) is 11.6 Å². The van der Waals surface area contributed by atoms with E-state index in [2.05, 4.69) is 21.2 Å². The van der Waals surface area contributed by atoms with Crippen LogP contribution in [0.3, 0.4) is 0 Å². The molecule has 0 aliphatic heterocycles. The highest BCUT2D eigenvalue weighted by molar-refractivity contribution is 9.11. The maximum atomic E-state index is 11.6. The molecule has 0 radical (unpaired) electrons. The van der Waals surface area contributed by atoms with Gasteiger partial charge in [0.2, 0.25) is 0 Å². The molecule has 0 bridgehead atoms. The molecule has 5 heteroatoms. The van der Waals surface area contributed by atoms with Crippen LogP contribution in [0, 0.1) is 0 Å². The zero-order valence-electron chi connectivity index (χ0n) is 8.43. The molecule has 15 heavy (non-hydrogen) atoms. The van der Waals surface area contributed by atoms with Crippen molar-refractivity contribution in [2.24, 2.45) is 0 Å². The molecule has 2 nitrogen and oxygen atoms in total. The summed E-state index contributed by atoms with van der Waals surface area (Å²) < 4.78 is 0.969. The van der Waals surface area contributed by atoms with Crippen molar-refractivity contribution >= 4 is 44.8 Å². The number of hydrogen-bond acceptors (Lipinski definition) is 2. The van der Waals surface area contributed by atoms with Gasteiger partial charge in [0.15, 0.2) is 0 Å². The van der Waals surface area contributed by atoms with Crippen molar-refractivity contribution in [2.75, 3.05) is 6.54 Å². The van der Waals surface area contributed by atoms with Crippen LogP contribution in [0.4, 0.5) is 0 Å². The largest absolute Gasteiger partial charge is 0.351 e. The summed E-state index contributed by atoms with van der Waals surface area (Å²) in [5.41, 5.74) is 0. The van der Waals surface area contributed by atoms with Crippen LogP contribution in [-0.4, -0.2) is 17.8 Å². The zero-order chi connectivity index (χ0) is 11.3. The summed E-state index contributed by atoms with van der Waals surface area (Å²) in [5, 5.41) is 3.00. The Hall–Kier alpha value is -0.0600. The van der Waals surface area contributed by atoms with E-state index in [1.165, 1.54) is 11.3 Å². The predicted molar refractivity (Wildman–Crippen MR) is 68.9 cm³/mol. The molecule has 1 unspecified atom stereocenters. The summed E-state index contributed by atoms with van der Waals surface area (Å²) in [6.07, 6.45) is 1.75. The molecule has 0 aliphatic rings. The number of hydrogen-bond donors (Lipinski definition) is 1. The van der Waals surface area contributed by atoms with Gasteiger partial charge in [0, 0.05) is 11.9 Å². The van der Waals surface area contributed by atoms with Crippen LogP contribution in [-0.2, 0) is 0 Å². The molecule has 0 fully saturated rings. The third kappa shape index (κ3) is 4.53. The molecule has 1 N–H and O–H groups in total. The van der Waals surface area contributed by atoms with E-state index in [0.29, 0.717) is 6.54 Å². The lowest BCUT2D eigenvalue weighted by Crippen LogP contribution is -2.25. The van der Waals surface area contributed by atoms with E-state index in [1.807, 2.05) is 19.1 Å². The average Bonchev–Trinajstić information content (AvgIpc) is 2.64. The summed E-state index contributed by atoms with van der Waals surface area (Å²) in [5.74, 6) is -0.0225. The van der Waals surface area contributed by atoms with Crippen molar-refractivity contribution in [3.05, 3.63) is 20.8 Å². The molecule has 0 spiro atoms. The highest BCUT2D eigenvalue weighted by atomic mass is 79.9. The van der Waals surface area contributed by atoms with Gasteiger partial charge < -0.3 is 5.32 Å². The van der Waals surface area contributed by atoms with Crippen molar-refractivity contribution in [1.82, 2.24) is 5.32 Å². The number of thiophene rings is 1. The molecule has 1 atom stereocenters. The number of nitrogens with one attached hydrogen (secondary N) is 1. The van der Waals surface area contributed by atoms with E-state index in [0.717, 1.165) is 21.5 Å². The fraction of sp³-hybridized carbons (Fsp3) is 0.500. The lowest BCUT2D eigenvalue weighted by molar-refractivity contribution is 0.0957. The maximum Gasteiger partial charge on any atom is 0.261 e. The quantitative estimate of drug-likeness (QED) is 0.826. The lowest BCUT2D eigenvalue weighted by Gasteiger charge is -2.06. The van der Waals surface area contributed by atoms with Gasteiger partial charge in [-0.3, -0.25) is 4.79 Å². The highest BCUT2D eigenvalue weighted by Crippen LogP contribution is 2.21. The number of alkyl halides is 1. The first-order valence-electron chi connectivity index (χ1n) is 4.81. The molecule has 1 heterocycles. The average molecular weight is 311 g/mol. The molecule has 0 saturated carbocycles. The van der Waals surface area contributed by atoms with Gasteiger partial charge in [0.1, 0.15) is 0 Å². The van der Waals surface area contributed by atoms with Gasteiger partial charge in [0.25, 0.3) is 5.91 Å². The molecule has 1 amide bonds. The fourth-order valence-electron chi connectivity index (χ4n) is 1.07. The van der Waals surface area contributed by atoms with Crippen molar-refractivity contribution in [1.29, 1.82) is 0 Å². The first kappa shape index (κ1) is 13.0. The number of halogens is 2. The van der Waals surface area contributed by atoms with E-state index < -0.39 is 0 Å². The molecule has 84 valence electrons. The Balaban J connectivity index is 2.31. The smallest absolute Gasteiger partial charge is 0.261 e. The van der Waals surface area contributed by atoms with Crippen LogP contribution >= 0.6 is 38.9 Å².